The van der Waals surface area contributed by atoms with Gasteiger partial charge in [0.05, 0.1) is 0 Å². The molecule has 0 unspecified atom stereocenters. The summed E-state index contributed by atoms with van der Waals surface area (Å²) in [6.45, 7) is 4.50. The van der Waals surface area contributed by atoms with Crippen molar-refractivity contribution in [2.45, 2.75) is 142 Å². The molecule has 3 heteroatoms. The van der Waals surface area contributed by atoms with Crippen molar-refractivity contribution in [3.05, 3.63) is 59.7 Å². The lowest BCUT2D eigenvalue weighted by atomic mass is 10.0. The number of Topliss-reactive ketones (excluding diaryl/α,β-unsaturated/α-hetero) is 2. The van der Waals surface area contributed by atoms with Crippen molar-refractivity contribution < 1.29 is 14.3 Å². The van der Waals surface area contributed by atoms with Crippen LogP contribution in [0.3, 0.4) is 0 Å². The van der Waals surface area contributed by atoms with Crippen LogP contribution in [0.1, 0.15) is 163 Å². The third-order valence-corrected chi connectivity index (χ3v) is 7.60. The minimum atomic E-state index is 0.208. The highest BCUT2D eigenvalue weighted by Crippen LogP contribution is 2.23. The van der Waals surface area contributed by atoms with Gasteiger partial charge in [-0.25, -0.2) is 0 Å². The third-order valence-electron chi connectivity index (χ3n) is 7.60. The summed E-state index contributed by atoms with van der Waals surface area (Å²) in [5.74, 6) is 1.81. The van der Waals surface area contributed by atoms with Crippen molar-refractivity contribution in [3.8, 4) is 11.5 Å². The zero-order valence-corrected chi connectivity index (χ0v) is 25.0. The predicted octanol–water partition coefficient (Wildman–Crippen LogP) is 11.7. The van der Waals surface area contributed by atoms with Gasteiger partial charge in [0.1, 0.15) is 11.5 Å². The molecule has 0 amide bonds. The average Bonchev–Trinajstić information content (AvgIpc) is 2.96. The molecule has 0 atom stereocenters. The molecule has 0 spiro atoms. The Labute approximate surface area is 239 Å². The predicted molar refractivity (Wildman–Crippen MR) is 165 cm³/mol. The summed E-state index contributed by atoms with van der Waals surface area (Å²) in [5, 5.41) is 0. The second-order valence-corrected chi connectivity index (χ2v) is 11.2. The molecule has 0 bridgehead atoms. The average molecular weight is 535 g/mol. The molecule has 0 saturated carbocycles. The highest BCUT2D eigenvalue weighted by molar-refractivity contribution is 5.96. The number of ether oxygens (including phenoxy) is 1. The van der Waals surface area contributed by atoms with Gasteiger partial charge in [0.15, 0.2) is 11.6 Å². The molecule has 39 heavy (non-hydrogen) atoms. The lowest BCUT2D eigenvalue weighted by molar-refractivity contribution is 0.0971. The number of rotatable bonds is 24. The Morgan fingerprint density at radius 2 is 0.718 bits per heavy atom. The number of ketones is 2. The van der Waals surface area contributed by atoms with E-state index >= 15 is 0 Å². The molecule has 0 saturated heterocycles. The van der Waals surface area contributed by atoms with Crippen LogP contribution in [-0.2, 0) is 0 Å². The van der Waals surface area contributed by atoms with Crippen LogP contribution in [0.15, 0.2) is 48.5 Å². The van der Waals surface area contributed by atoms with Crippen LogP contribution in [0, 0.1) is 0 Å². The van der Waals surface area contributed by atoms with Crippen LogP contribution in [0.5, 0.6) is 11.5 Å². The Balaban J connectivity index is 1.61. The van der Waals surface area contributed by atoms with E-state index in [1.54, 1.807) is 0 Å². The molecule has 3 nitrogen and oxygen atoms in total. The largest absolute Gasteiger partial charge is 0.457 e. The normalized spacial score (nSPS) is 11.0. The molecular weight excluding hydrogens is 480 g/mol. The Bertz CT molecular complexity index is 822. The topological polar surface area (TPSA) is 43.4 Å². The molecular formula is C36H54O3. The molecule has 0 aliphatic rings. The van der Waals surface area contributed by atoms with E-state index in [1.807, 2.05) is 48.5 Å². The summed E-state index contributed by atoms with van der Waals surface area (Å²) in [5.41, 5.74) is 1.50. The first-order valence-electron chi connectivity index (χ1n) is 16.1. The van der Waals surface area contributed by atoms with Gasteiger partial charge in [-0.15, -0.1) is 0 Å². The molecule has 0 aliphatic heterocycles. The van der Waals surface area contributed by atoms with Gasteiger partial charge in [0, 0.05) is 24.0 Å². The summed E-state index contributed by atoms with van der Waals surface area (Å²) in [6, 6.07) is 14.8. The number of hydrogen-bond donors (Lipinski definition) is 0. The van der Waals surface area contributed by atoms with Crippen LogP contribution in [0.25, 0.3) is 0 Å². The van der Waals surface area contributed by atoms with Crippen molar-refractivity contribution >= 4 is 11.6 Å². The van der Waals surface area contributed by atoms with Crippen molar-refractivity contribution in [2.24, 2.45) is 0 Å². The zero-order valence-electron chi connectivity index (χ0n) is 25.0. The SMILES string of the molecule is CCCCCCCCCCCC(=O)c1ccc(Oc2ccc(C(=O)CCCCCCCCCCC)cc2)cc1. The van der Waals surface area contributed by atoms with E-state index in [2.05, 4.69) is 13.8 Å². The number of carbonyl (C=O) groups is 2. The monoisotopic (exact) mass is 534 g/mol. The van der Waals surface area contributed by atoms with Gasteiger partial charge in [0.2, 0.25) is 0 Å². The Morgan fingerprint density at radius 3 is 1.03 bits per heavy atom. The second-order valence-electron chi connectivity index (χ2n) is 11.2. The first kappa shape index (κ1) is 32.8. The molecule has 0 N–H and O–H groups in total. The maximum Gasteiger partial charge on any atom is 0.162 e. The summed E-state index contributed by atoms with van der Waals surface area (Å²) < 4.78 is 5.95. The van der Waals surface area contributed by atoms with E-state index in [1.165, 1.54) is 89.9 Å². The summed E-state index contributed by atoms with van der Waals surface area (Å²) in [7, 11) is 0. The Hall–Kier alpha value is -2.42. The van der Waals surface area contributed by atoms with Crippen molar-refractivity contribution in [1.82, 2.24) is 0 Å². The molecule has 0 aromatic heterocycles. The van der Waals surface area contributed by atoms with E-state index in [-0.39, 0.29) is 11.6 Å². The highest BCUT2D eigenvalue weighted by Gasteiger charge is 2.08. The van der Waals surface area contributed by atoms with Crippen LogP contribution >= 0.6 is 0 Å². The fraction of sp³-hybridized carbons (Fsp3) is 0.611. The molecule has 0 radical (unpaired) electrons. The van der Waals surface area contributed by atoms with Crippen LogP contribution in [-0.4, -0.2) is 11.6 Å². The van der Waals surface area contributed by atoms with Crippen LogP contribution < -0.4 is 4.74 Å². The van der Waals surface area contributed by atoms with Gasteiger partial charge in [-0.3, -0.25) is 9.59 Å². The van der Waals surface area contributed by atoms with Gasteiger partial charge < -0.3 is 4.74 Å². The van der Waals surface area contributed by atoms with Gasteiger partial charge >= 0.3 is 0 Å². The first-order valence-corrected chi connectivity index (χ1v) is 16.1. The van der Waals surface area contributed by atoms with E-state index in [4.69, 9.17) is 4.74 Å². The molecule has 0 fully saturated rings. The van der Waals surface area contributed by atoms with E-state index in [0.717, 1.165) is 36.8 Å². The Kier molecular flexibility index (Phi) is 18.0. The molecule has 0 heterocycles. The summed E-state index contributed by atoms with van der Waals surface area (Å²) >= 11 is 0. The van der Waals surface area contributed by atoms with Gasteiger partial charge in [-0.2, -0.15) is 0 Å². The summed E-state index contributed by atoms with van der Waals surface area (Å²) in [6.07, 6.45) is 23.9. The fourth-order valence-electron chi connectivity index (χ4n) is 5.03. The van der Waals surface area contributed by atoms with E-state index < -0.39 is 0 Å². The van der Waals surface area contributed by atoms with Crippen LogP contribution in [0.2, 0.25) is 0 Å². The second kappa shape index (κ2) is 21.4. The summed E-state index contributed by atoms with van der Waals surface area (Å²) in [4.78, 5) is 25.1. The standard InChI is InChI=1S/C36H54O3/c1-3-5-7-9-11-13-15-17-19-21-35(37)31-23-27-33(28-24-31)39-34-29-25-32(26-30-34)36(38)22-20-18-16-14-12-10-8-6-4-2/h23-30H,3-22H2,1-2H3. The molecule has 2 aromatic rings. The van der Waals surface area contributed by atoms with Crippen LogP contribution in [0.4, 0.5) is 0 Å². The van der Waals surface area contributed by atoms with E-state index in [0.29, 0.717) is 24.3 Å². The van der Waals surface area contributed by atoms with E-state index in [9.17, 15) is 9.59 Å². The van der Waals surface area contributed by atoms with Gasteiger partial charge in [-0.05, 0) is 61.4 Å². The third kappa shape index (κ3) is 15.1. The maximum absolute atomic E-state index is 12.5. The lowest BCUT2D eigenvalue weighted by Gasteiger charge is -2.08. The Morgan fingerprint density at radius 1 is 0.436 bits per heavy atom. The maximum atomic E-state index is 12.5. The number of unbranched alkanes of at least 4 members (excludes halogenated alkanes) is 16. The molecule has 216 valence electrons. The highest BCUT2D eigenvalue weighted by atomic mass is 16.5. The minimum Gasteiger partial charge on any atom is -0.457 e. The molecule has 2 aromatic carbocycles. The lowest BCUT2D eigenvalue weighted by Crippen LogP contribution is -1.99. The number of hydrogen-bond acceptors (Lipinski definition) is 3. The fourth-order valence-corrected chi connectivity index (χ4v) is 5.03. The smallest absolute Gasteiger partial charge is 0.162 e. The number of benzene rings is 2. The van der Waals surface area contributed by atoms with Crippen molar-refractivity contribution in [1.29, 1.82) is 0 Å². The van der Waals surface area contributed by atoms with Gasteiger partial charge in [0.25, 0.3) is 0 Å². The minimum absolute atomic E-state index is 0.208. The molecule has 0 aliphatic carbocycles. The molecule has 2 rings (SSSR count). The number of carbonyl (C=O) groups excluding carboxylic acids is 2. The van der Waals surface area contributed by atoms with Gasteiger partial charge in [-0.1, -0.05) is 117 Å². The first-order chi connectivity index (χ1) is 19.1. The zero-order chi connectivity index (χ0) is 28.0. The van der Waals surface area contributed by atoms with Crippen molar-refractivity contribution in [3.63, 3.8) is 0 Å². The van der Waals surface area contributed by atoms with Crippen molar-refractivity contribution in [2.75, 3.05) is 0 Å². The quantitative estimate of drug-likeness (QED) is 0.0993.